The Morgan fingerprint density at radius 1 is 1.29 bits per heavy atom. The van der Waals surface area contributed by atoms with Gasteiger partial charge < -0.3 is 5.73 Å². The molecule has 0 amide bonds. The number of rotatable bonds is 3. The van der Waals surface area contributed by atoms with E-state index in [-0.39, 0.29) is 0 Å². The smallest absolute Gasteiger partial charge is 0.178 e. The molecule has 2 heterocycles. The molecule has 90 valence electrons. The van der Waals surface area contributed by atoms with E-state index < -0.39 is 0 Å². The molecule has 17 heavy (non-hydrogen) atoms. The normalized spacial score (nSPS) is 11.1. The molecular formula is C11H15N5S. The fourth-order valence-electron chi connectivity index (χ4n) is 1.38. The summed E-state index contributed by atoms with van der Waals surface area (Å²) < 4.78 is 1.61. The van der Waals surface area contributed by atoms with Crippen LogP contribution in [0, 0.1) is 6.92 Å². The third-order valence-corrected chi connectivity index (χ3v) is 3.17. The lowest BCUT2D eigenvalue weighted by Gasteiger charge is -2.05. The van der Waals surface area contributed by atoms with Crippen LogP contribution in [0.5, 0.6) is 0 Å². The second kappa shape index (κ2) is 4.75. The van der Waals surface area contributed by atoms with Crippen LogP contribution in [0.15, 0.2) is 23.2 Å². The van der Waals surface area contributed by atoms with E-state index in [1.54, 1.807) is 22.6 Å². The number of nitrogens with zero attached hydrogens (tertiary/aromatic N) is 4. The topological polar surface area (TPSA) is 69.6 Å². The Morgan fingerprint density at radius 2 is 2.06 bits per heavy atom. The Hall–Kier alpha value is -1.56. The van der Waals surface area contributed by atoms with Crippen molar-refractivity contribution < 1.29 is 0 Å². The largest absolute Gasteiger partial charge is 0.383 e. The van der Waals surface area contributed by atoms with Gasteiger partial charge in [0.2, 0.25) is 0 Å². The molecule has 0 aromatic carbocycles. The summed E-state index contributed by atoms with van der Waals surface area (Å²) in [6.07, 6.45) is 1.77. The predicted molar refractivity (Wildman–Crippen MR) is 69.3 cm³/mol. The SMILES string of the molecule is Cc1ccc(-n2ncc(SC(C)C)c2N)nn1. The van der Waals surface area contributed by atoms with E-state index >= 15 is 0 Å². The number of nitrogen functional groups attached to an aromatic ring is 1. The van der Waals surface area contributed by atoms with Crippen LogP contribution in [-0.2, 0) is 0 Å². The maximum Gasteiger partial charge on any atom is 0.178 e. The molecule has 0 bridgehead atoms. The van der Waals surface area contributed by atoms with Crippen molar-refractivity contribution in [2.75, 3.05) is 5.73 Å². The summed E-state index contributed by atoms with van der Waals surface area (Å²) in [5.41, 5.74) is 6.91. The van der Waals surface area contributed by atoms with Gasteiger partial charge in [-0.3, -0.25) is 0 Å². The molecule has 5 nitrogen and oxygen atoms in total. The van der Waals surface area contributed by atoms with Crippen molar-refractivity contribution >= 4 is 17.6 Å². The Kier molecular flexibility index (Phi) is 3.33. The standard InChI is InChI=1S/C11H15N5S/c1-7(2)17-9-6-13-16(11(9)12)10-5-4-8(3)14-15-10/h4-7H,12H2,1-3H3. The zero-order valence-electron chi connectivity index (χ0n) is 10.1. The minimum atomic E-state index is 0.471. The Labute approximate surface area is 104 Å². The first-order chi connectivity index (χ1) is 8.08. The molecule has 0 saturated heterocycles. The molecule has 0 atom stereocenters. The highest BCUT2D eigenvalue weighted by Gasteiger charge is 2.11. The average molecular weight is 249 g/mol. The van der Waals surface area contributed by atoms with Gasteiger partial charge in [-0.1, -0.05) is 13.8 Å². The summed E-state index contributed by atoms with van der Waals surface area (Å²) >= 11 is 1.69. The van der Waals surface area contributed by atoms with Crippen molar-refractivity contribution in [2.24, 2.45) is 0 Å². The van der Waals surface area contributed by atoms with Gasteiger partial charge >= 0.3 is 0 Å². The fourth-order valence-corrected chi connectivity index (χ4v) is 2.20. The first kappa shape index (κ1) is 11.9. The van der Waals surface area contributed by atoms with Crippen molar-refractivity contribution in [3.63, 3.8) is 0 Å². The summed E-state index contributed by atoms with van der Waals surface area (Å²) in [6, 6.07) is 3.74. The highest BCUT2D eigenvalue weighted by Crippen LogP contribution is 2.29. The van der Waals surface area contributed by atoms with Crippen LogP contribution >= 0.6 is 11.8 Å². The number of hydrogen-bond donors (Lipinski definition) is 1. The van der Waals surface area contributed by atoms with Crippen LogP contribution in [0.25, 0.3) is 5.82 Å². The minimum Gasteiger partial charge on any atom is -0.383 e. The number of thioether (sulfide) groups is 1. The number of aryl methyl sites for hydroxylation is 1. The lowest BCUT2D eigenvalue weighted by atomic mass is 10.4. The first-order valence-corrected chi connectivity index (χ1v) is 6.26. The van der Waals surface area contributed by atoms with Gasteiger partial charge in [0.25, 0.3) is 0 Å². The number of nitrogens with two attached hydrogens (primary N) is 1. The molecule has 2 rings (SSSR count). The van der Waals surface area contributed by atoms with Crippen LogP contribution in [0.4, 0.5) is 5.82 Å². The van der Waals surface area contributed by atoms with Crippen molar-refractivity contribution in [2.45, 2.75) is 30.9 Å². The number of hydrogen-bond acceptors (Lipinski definition) is 5. The Balaban J connectivity index is 2.33. The van der Waals surface area contributed by atoms with Gasteiger partial charge in [-0.2, -0.15) is 14.9 Å². The van der Waals surface area contributed by atoms with Crippen LogP contribution in [0.1, 0.15) is 19.5 Å². The fraction of sp³-hybridized carbons (Fsp3) is 0.364. The van der Waals surface area contributed by atoms with Crippen molar-refractivity contribution in [3.8, 4) is 5.82 Å². The number of aromatic nitrogens is 4. The molecule has 0 fully saturated rings. The van der Waals surface area contributed by atoms with Gasteiger partial charge in [0.05, 0.1) is 16.8 Å². The lowest BCUT2D eigenvalue weighted by Crippen LogP contribution is -2.05. The predicted octanol–water partition coefficient (Wildman–Crippen LogP) is 2.05. The van der Waals surface area contributed by atoms with Crippen LogP contribution < -0.4 is 5.73 Å². The molecule has 0 aliphatic carbocycles. The maximum atomic E-state index is 6.03. The summed E-state index contributed by atoms with van der Waals surface area (Å²) in [7, 11) is 0. The third-order valence-electron chi connectivity index (χ3n) is 2.13. The summed E-state index contributed by atoms with van der Waals surface area (Å²) in [5.74, 6) is 1.26. The summed E-state index contributed by atoms with van der Waals surface area (Å²) in [5, 5.41) is 12.8. The molecule has 0 radical (unpaired) electrons. The van der Waals surface area contributed by atoms with Gasteiger partial charge in [-0.15, -0.1) is 16.9 Å². The van der Waals surface area contributed by atoms with E-state index in [1.165, 1.54) is 0 Å². The molecule has 2 aromatic rings. The highest BCUT2D eigenvalue weighted by atomic mass is 32.2. The van der Waals surface area contributed by atoms with Gasteiger partial charge in [0, 0.05) is 5.25 Å². The summed E-state index contributed by atoms with van der Waals surface area (Å²) in [4.78, 5) is 0.974. The summed E-state index contributed by atoms with van der Waals surface area (Å²) in [6.45, 7) is 6.13. The molecule has 0 aliphatic heterocycles. The van der Waals surface area contributed by atoms with Crippen LogP contribution in [0.3, 0.4) is 0 Å². The quantitative estimate of drug-likeness (QED) is 0.843. The molecule has 0 spiro atoms. The average Bonchev–Trinajstić information content (AvgIpc) is 2.61. The number of anilines is 1. The second-order valence-corrected chi connectivity index (χ2v) is 5.62. The minimum absolute atomic E-state index is 0.471. The molecule has 6 heteroatoms. The van der Waals surface area contributed by atoms with Gasteiger partial charge in [0.1, 0.15) is 5.82 Å². The Morgan fingerprint density at radius 3 is 2.65 bits per heavy atom. The van der Waals surface area contributed by atoms with Crippen LogP contribution in [0.2, 0.25) is 0 Å². The zero-order valence-corrected chi connectivity index (χ0v) is 10.9. The highest BCUT2D eigenvalue weighted by molar-refractivity contribution is 8.00. The lowest BCUT2D eigenvalue weighted by molar-refractivity contribution is 0.814. The van der Waals surface area contributed by atoms with Gasteiger partial charge in [-0.05, 0) is 19.1 Å². The molecule has 2 aromatic heterocycles. The van der Waals surface area contributed by atoms with E-state index in [9.17, 15) is 0 Å². The third kappa shape index (κ3) is 2.58. The second-order valence-electron chi connectivity index (χ2n) is 4.01. The monoisotopic (exact) mass is 249 g/mol. The van der Waals surface area contributed by atoms with Crippen molar-refractivity contribution in [1.29, 1.82) is 0 Å². The zero-order chi connectivity index (χ0) is 12.4. The molecule has 2 N–H and O–H groups in total. The van der Waals surface area contributed by atoms with Gasteiger partial charge in [0.15, 0.2) is 5.82 Å². The molecular weight excluding hydrogens is 234 g/mol. The van der Waals surface area contributed by atoms with E-state index in [1.807, 2.05) is 19.1 Å². The van der Waals surface area contributed by atoms with Crippen LogP contribution in [-0.4, -0.2) is 25.2 Å². The van der Waals surface area contributed by atoms with Crippen molar-refractivity contribution in [3.05, 3.63) is 24.0 Å². The van der Waals surface area contributed by atoms with E-state index in [4.69, 9.17) is 5.73 Å². The Bertz CT molecular complexity index is 503. The molecule has 0 aliphatic rings. The van der Waals surface area contributed by atoms with E-state index in [2.05, 4.69) is 29.1 Å². The van der Waals surface area contributed by atoms with E-state index in [0.29, 0.717) is 16.9 Å². The van der Waals surface area contributed by atoms with Crippen molar-refractivity contribution in [1.82, 2.24) is 20.0 Å². The van der Waals surface area contributed by atoms with E-state index in [0.717, 1.165) is 10.6 Å². The first-order valence-electron chi connectivity index (χ1n) is 5.39. The molecule has 0 unspecified atom stereocenters. The maximum absolute atomic E-state index is 6.03. The van der Waals surface area contributed by atoms with Gasteiger partial charge in [-0.25, -0.2) is 0 Å². The molecule has 0 saturated carbocycles.